The van der Waals surface area contributed by atoms with E-state index >= 15 is 0 Å². The highest BCUT2D eigenvalue weighted by atomic mass is 16.5. The molecule has 2 aromatic carbocycles. The molecule has 0 radical (unpaired) electrons. The predicted molar refractivity (Wildman–Crippen MR) is 81.3 cm³/mol. The smallest absolute Gasteiger partial charge is 0.120 e. The molecule has 0 aliphatic carbocycles. The van der Waals surface area contributed by atoms with Crippen LogP contribution in [0.2, 0.25) is 0 Å². The summed E-state index contributed by atoms with van der Waals surface area (Å²) in [6, 6.07) is 14.6. The van der Waals surface area contributed by atoms with Crippen LogP contribution in [0.5, 0.6) is 5.75 Å². The summed E-state index contributed by atoms with van der Waals surface area (Å²) in [6.07, 6.45) is 2.77. The van der Waals surface area contributed by atoms with Crippen LogP contribution in [0.25, 0.3) is 10.8 Å². The van der Waals surface area contributed by atoms with Crippen molar-refractivity contribution in [2.24, 2.45) is 0 Å². The van der Waals surface area contributed by atoms with Crippen molar-refractivity contribution in [1.82, 2.24) is 5.32 Å². The molecule has 1 heterocycles. The minimum atomic E-state index is 0.399. The highest BCUT2D eigenvalue weighted by Crippen LogP contribution is 2.20. The fraction of sp³-hybridized carbons (Fsp3) is 0.412. The van der Waals surface area contributed by atoms with Crippen LogP contribution in [0.15, 0.2) is 42.5 Å². The maximum atomic E-state index is 5.78. The van der Waals surface area contributed by atoms with Gasteiger partial charge in [-0.15, -0.1) is 0 Å². The second-order valence-corrected chi connectivity index (χ2v) is 5.20. The Balaban J connectivity index is 1.42. The first-order valence-electron chi connectivity index (χ1n) is 7.36. The minimum absolute atomic E-state index is 0.399. The lowest BCUT2D eigenvalue weighted by molar-refractivity contribution is 0.109. The number of ether oxygens (including phenoxy) is 2. The average Bonchev–Trinajstić information content (AvgIpc) is 3.00. The molecule has 0 saturated carbocycles. The Morgan fingerprint density at radius 1 is 1.15 bits per heavy atom. The van der Waals surface area contributed by atoms with Crippen LogP contribution in [-0.2, 0) is 4.74 Å². The molecule has 3 nitrogen and oxygen atoms in total. The summed E-state index contributed by atoms with van der Waals surface area (Å²) in [6.45, 7) is 3.39. The molecule has 1 fully saturated rings. The van der Waals surface area contributed by atoms with Gasteiger partial charge in [-0.25, -0.2) is 0 Å². The number of rotatable bonds is 6. The molecule has 20 heavy (non-hydrogen) atoms. The van der Waals surface area contributed by atoms with Crippen LogP contribution in [-0.4, -0.2) is 32.4 Å². The number of hydrogen-bond donors (Lipinski definition) is 1. The molecule has 0 bridgehead atoms. The lowest BCUT2D eigenvalue weighted by atomic mass is 10.1. The summed E-state index contributed by atoms with van der Waals surface area (Å²) < 4.78 is 11.3. The van der Waals surface area contributed by atoms with Gasteiger partial charge in [-0.2, -0.15) is 0 Å². The zero-order valence-corrected chi connectivity index (χ0v) is 11.7. The van der Waals surface area contributed by atoms with E-state index < -0.39 is 0 Å². The van der Waals surface area contributed by atoms with Crippen molar-refractivity contribution in [3.05, 3.63) is 42.5 Å². The van der Waals surface area contributed by atoms with Crippen molar-refractivity contribution in [1.29, 1.82) is 0 Å². The first kappa shape index (κ1) is 13.4. The van der Waals surface area contributed by atoms with E-state index in [9.17, 15) is 0 Å². The summed E-state index contributed by atoms with van der Waals surface area (Å²) in [5.41, 5.74) is 0. The molecule has 1 N–H and O–H groups in total. The summed E-state index contributed by atoms with van der Waals surface area (Å²) in [7, 11) is 0. The topological polar surface area (TPSA) is 30.5 Å². The number of benzene rings is 2. The maximum Gasteiger partial charge on any atom is 0.120 e. The van der Waals surface area contributed by atoms with Gasteiger partial charge in [0.2, 0.25) is 0 Å². The van der Waals surface area contributed by atoms with Gasteiger partial charge in [-0.3, -0.25) is 0 Å². The third-order valence-electron chi connectivity index (χ3n) is 3.66. The molecule has 106 valence electrons. The van der Waals surface area contributed by atoms with Crippen LogP contribution in [0.4, 0.5) is 0 Å². The van der Waals surface area contributed by atoms with Crippen LogP contribution in [0, 0.1) is 0 Å². The average molecular weight is 271 g/mol. The van der Waals surface area contributed by atoms with Gasteiger partial charge in [-0.05, 0) is 35.7 Å². The van der Waals surface area contributed by atoms with E-state index in [0.717, 1.165) is 25.4 Å². The highest BCUT2D eigenvalue weighted by Gasteiger charge is 2.14. The minimum Gasteiger partial charge on any atom is -0.492 e. The Labute approximate surface area is 119 Å². The van der Waals surface area contributed by atoms with Gasteiger partial charge in [0.05, 0.1) is 6.10 Å². The van der Waals surface area contributed by atoms with Crippen molar-refractivity contribution in [2.75, 3.05) is 26.3 Å². The van der Waals surface area contributed by atoms with Gasteiger partial charge in [0.15, 0.2) is 0 Å². The van der Waals surface area contributed by atoms with Crippen LogP contribution in [0.3, 0.4) is 0 Å². The van der Waals surface area contributed by atoms with Crippen molar-refractivity contribution in [2.45, 2.75) is 18.9 Å². The summed E-state index contributed by atoms with van der Waals surface area (Å²) in [5, 5.41) is 5.85. The van der Waals surface area contributed by atoms with Gasteiger partial charge in [0.25, 0.3) is 0 Å². The van der Waals surface area contributed by atoms with E-state index in [1.165, 1.54) is 23.6 Å². The van der Waals surface area contributed by atoms with E-state index in [-0.39, 0.29) is 0 Å². The van der Waals surface area contributed by atoms with Crippen molar-refractivity contribution in [3.63, 3.8) is 0 Å². The van der Waals surface area contributed by atoms with E-state index in [2.05, 4.69) is 41.7 Å². The van der Waals surface area contributed by atoms with Gasteiger partial charge >= 0.3 is 0 Å². The van der Waals surface area contributed by atoms with Gasteiger partial charge in [-0.1, -0.05) is 30.3 Å². The van der Waals surface area contributed by atoms with Crippen LogP contribution in [0.1, 0.15) is 12.8 Å². The molecule has 0 aromatic heterocycles. The van der Waals surface area contributed by atoms with Gasteiger partial charge in [0.1, 0.15) is 12.4 Å². The Hall–Kier alpha value is -1.58. The zero-order chi connectivity index (χ0) is 13.6. The second-order valence-electron chi connectivity index (χ2n) is 5.20. The summed E-state index contributed by atoms with van der Waals surface area (Å²) in [4.78, 5) is 0. The molecule has 1 saturated heterocycles. The fourth-order valence-corrected chi connectivity index (χ4v) is 2.57. The van der Waals surface area contributed by atoms with Crippen molar-refractivity contribution < 1.29 is 9.47 Å². The molecule has 1 aliphatic rings. The van der Waals surface area contributed by atoms with Gasteiger partial charge in [0, 0.05) is 19.7 Å². The molecule has 0 spiro atoms. The quantitative estimate of drug-likeness (QED) is 0.819. The van der Waals surface area contributed by atoms with Crippen molar-refractivity contribution >= 4 is 10.8 Å². The molecule has 1 aliphatic heterocycles. The zero-order valence-electron chi connectivity index (χ0n) is 11.7. The molecule has 1 atom stereocenters. The third-order valence-corrected chi connectivity index (χ3v) is 3.66. The first-order chi connectivity index (χ1) is 9.92. The number of hydrogen-bond acceptors (Lipinski definition) is 3. The van der Waals surface area contributed by atoms with E-state index in [4.69, 9.17) is 9.47 Å². The maximum absolute atomic E-state index is 5.78. The van der Waals surface area contributed by atoms with Crippen LogP contribution >= 0.6 is 0 Å². The predicted octanol–water partition coefficient (Wildman–Crippen LogP) is 2.99. The normalized spacial score (nSPS) is 18.5. The molecule has 3 heteroatoms. The fourth-order valence-electron chi connectivity index (χ4n) is 2.57. The van der Waals surface area contributed by atoms with E-state index in [0.29, 0.717) is 12.7 Å². The Morgan fingerprint density at radius 3 is 2.90 bits per heavy atom. The lowest BCUT2D eigenvalue weighted by Crippen LogP contribution is -2.29. The van der Waals surface area contributed by atoms with E-state index in [1.807, 2.05) is 6.07 Å². The molecule has 3 rings (SSSR count). The standard InChI is InChI=1S/C17H21NO2/c1-2-5-15-12-16(8-7-14(15)4-1)20-11-9-18-13-17-6-3-10-19-17/h1-2,4-5,7-8,12,17-18H,3,6,9-11,13H2. The summed E-state index contributed by atoms with van der Waals surface area (Å²) in [5.74, 6) is 0.933. The molecule has 1 unspecified atom stereocenters. The van der Waals surface area contributed by atoms with Crippen molar-refractivity contribution in [3.8, 4) is 5.75 Å². The Kier molecular flexibility index (Phi) is 4.51. The molecule has 2 aromatic rings. The molecule has 0 amide bonds. The van der Waals surface area contributed by atoms with E-state index in [1.54, 1.807) is 0 Å². The Bertz CT molecular complexity index is 549. The third kappa shape index (κ3) is 3.50. The van der Waals surface area contributed by atoms with Gasteiger partial charge < -0.3 is 14.8 Å². The second kappa shape index (κ2) is 6.73. The molecular formula is C17H21NO2. The van der Waals surface area contributed by atoms with Crippen LogP contribution < -0.4 is 10.1 Å². The largest absolute Gasteiger partial charge is 0.492 e. The Morgan fingerprint density at radius 2 is 2.05 bits per heavy atom. The number of nitrogens with one attached hydrogen (secondary N) is 1. The number of fused-ring (bicyclic) bond motifs is 1. The summed E-state index contributed by atoms with van der Waals surface area (Å²) >= 11 is 0. The SMILES string of the molecule is c1ccc2cc(OCCNCC3CCCO3)ccc2c1. The highest BCUT2D eigenvalue weighted by molar-refractivity contribution is 5.83. The molecular weight excluding hydrogens is 250 g/mol. The lowest BCUT2D eigenvalue weighted by Gasteiger charge is -2.11. The monoisotopic (exact) mass is 271 g/mol. The first-order valence-corrected chi connectivity index (χ1v) is 7.36.